The van der Waals surface area contributed by atoms with E-state index >= 15 is 0 Å². The van der Waals surface area contributed by atoms with E-state index in [9.17, 15) is 18.3 Å². The van der Waals surface area contributed by atoms with Crippen molar-refractivity contribution in [2.45, 2.75) is 57.0 Å². The Morgan fingerprint density at radius 2 is 1.62 bits per heavy atom. The zero-order chi connectivity index (χ0) is 24.1. The van der Waals surface area contributed by atoms with Gasteiger partial charge in [-0.15, -0.1) is 13.2 Å². The lowest BCUT2D eigenvalue weighted by atomic mass is 9.74. The number of aliphatic hydroxyl groups is 1. The predicted molar refractivity (Wildman–Crippen MR) is 127 cm³/mol. The van der Waals surface area contributed by atoms with Gasteiger partial charge in [0.25, 0.3) is 0 Å². The molecule has 4 nitrogen and oxygen atoms in total. The maximum Gasteiger partial charge on any atom is 0.573 e. The van der Waals surface area contributed by atoms with Crippen molar-refractivity contribution in [2.75, 3.05) is 32.7 Å². The Hall–Kier alpha value is -2.09. The van der Waals surface area contributed by atoms with Crippen molar-refractivity contribution < 1.29 is 23.0 Å². The average molecular weight is 477 g/mol. The Labute approximate surface area is 200 Å². The highest BCUT2D eigenvalue weighted by Gasteiger charge is 2.35. The van der Waals surface area contributed by atoms with Gasteiger partial charge in [0.1, 0.15) is 5.75 Å². The van der Waals surface area contributed by atoms with Gasteiger partial charge in [0.15, 0.2) is 0 Å². The van der Waals surface area contributed by atoms with E-state index in [-0.39, 0.29) is 17.6 Å². The van der Waals surface area contributed by atoms with Gasteiger partial charge in [0.2, 0.25) is 0 Å². The fourth-order valence-corrected chi connectivity index (χ4v) is 5.59. The molecule has 4 atom stereocenters. The molecule has 0 amide bonds. The second-order valence-corrected chi connectivity index (χ2v) is 9.67. The fourth-order valence-electron chi connectivity index (χ4n) is 5.59. The summed E-state index contributed by atoms with van der Waals surface area (Å²) in [7, 11) is 0. The van der Waals surface area contributed by atoms with Crippen LogP contribution in [-0.4, -0.2) is 60.1 Å². The third kappa shape index (κ3) is 6.52. The zero-order valence-corrected chi connectivity index (χ0v) is 19.8. The van der Waals surface area contributed by atoms with Crippen LogP contribution in [0.1, 0.15) is 55.7 Å². The summed E-state index contributed by atoms with van der Waals surface area (Å²) in [4.78, 5) is 4.88. The largest absolute Gasteiger partial charge is 0.573 e. The smallest absolute Gasteiger partial charge is 0.406 e. The summed E-state index contributed by atoms with van der Waals surface area (Å²) in [6, 6.07) is 17.2. The van der Waals surface area contributed by atoms with E-state index in [1.807, 2.05) is 12.1 Å². The summed E-state index contributed by atoms with van der Waals surface area (Å²) < 4.78 is 42.6. The number of hydrogen-bond donors (Lipinski definition) is 1. The van der Waals surface area contributed by atoms with Crippen LogP contribution >= 0.6 is 0 Å². The lowest BCUT2D eigenvalue weighted by Crippen LogP contribution is -2.49. The Morgan fingerprint density at radius 3 is 2.29 bits per heavy atom. The molecule has 0 aromatic heterocycles. The van der Waals surface area contributed by atoms with Crippen LogP contribution in [-0.2, 0) is 0 Å². The molecule has 4 rings (SSSR count). The van der Waals surface area contributed by atoms with Crippen LogP contribution in [0.15, 0.2) is 54.6 Å². The number of rotatable bonds is 7. The van der Waals surface area contributed by atoms with E-state index in [2.05, 4.69) is 45.7 Å². The standard InChI is InChI=1S/C27H35F3N2O2/c1-20(21-8-3-2-4-9-21)32-16-14-31(15-17-32)19-25(24-12-5-6-13-26(24)33)22-10-7-11-23(18-22)34-27(28,29)30/h2-4,7-11,18,20,24-26,33H,5-6,12-17,19H2,1H3/t20-,24+,25?,26?/m1/s1. The van der Waals surface area contributed by atoms with Crippen LogP contribution in [0.4, 0.5) is 13.2 Å². The molecule has 0 bridgehead atoms. The summed E-state index contributed by atoms with van der Waals surface area (Å²) in [5, 5.41) is 10.8. The van der Waals surface area contributed by atoms with Gasteiger partial charge >= 0.3 is 6.36 Å². The van der Waals surface area contributed by atoms with E-state index in [0.29, 0.717) is 6.04 Å². The molecule has 2 aliphatic rings. The quantitative estimate of drug-likeness (QED) is 0.565. The lowest BCUT2D eigenvalue weighted by molar-refractivity contribution is -0.274. The first-order valence-electron chi connectivity index (χ1n) is 12.4. The van der Waals surface area contributed by atoms with Gasteiger partial charge in [0, 0.05) is 44.7 Å². The zero-order valence-electron chi connectivity index (χ0n) is 19.8. The molecule has 0 spiro atoms. The molecule has 1 N–H and O–H groups in total. The third-order valence-corrected chi connectivity index (χ3v) is 7.51. The van der Waals surface area contributed by atoms with Gasteiger partial charge < -0.3 is 14.7 Å². The molecule has 34 heavy (non-hydrogen) atoms. The van der Waals surface area contributed by atoms with Crippen LogP contribution in [0.25, 0.3) is 0 Å². The summed E-state index contributed by atoms with van der Waals surface area (Å²) in [6.07, 6.45) is -1.46. The molecule has 2 aromatic rings. The van der Waals surface area contributed by atoms with Crippen LogP contribution < -0.4 is 4.74 Å². The van der Waals surface area contributed by atoms with Gasteiger partial charge in [0.05, 0.1) is 6.10 Å². The molecule has 1 aliphatic carbocycles. The minimum absolute atomic E-state index is 0.0369. The van der Waals surface area contributed by atoms with Crippen molar-refractivity contribution in [1.29, 1.82) is 0 Å². The van der Waals surface area contributed by atoms with Crippen LogP contribution in [0.5, 0.6) is 5.75 Å². The van der Waals surface area contributed by atoms with Gasteiger partial charge in [-0.1, -0.05) is 55.3 Å². The van der Waals surface area contributed by atoms with E-state index < -0.39 is 12.5 Å². The molecule has 1 saturated carbocycles. The first kappa shape index (κ1) is 25.0. The lowest BCUT2D eigenvalue weighted by Gasteiger charge is -2.42. The van der Waals surface area contributed by atoms with Crippen molar-refractivity contribution >= 4 is 0 Å². The van der Waals surface area contributed by atoms with Crippen LogP contribution in [0.2, 0.25) is 0 Å². The third-order valence-electron chi connectivity index (χ3n) is 7.51. The maximum absolute atomic E-state index is 12.8. The van der Waals surface area contributed by atoms with Gasteiger partial charge in [-0.25, -0.2) is 0 Å². The molecule has 0 radical (unpaired) electrons. The molecule has 1 saturated heterocycles. The van der Waals surface area contributed by atoms with Crippen molar-refractivity contribution in [3.8, 4) is 5.75 Å². The summed E-state index contributed by atoms with van der Waals surface area (Å²) in [6.45, 7) is 6.63. The first-order valence-corrected chi connectivity index (χ1v) is 12.4. The number of ether oxygens (including phenoxy) is 1. The number of nitrogens with zero attached hydrogens (tertiary/aromatic N) is 2. The maximum atomic E-state index is 12.8. The van der Waals surface area contributed by atoms with Gasteiger partial charge in [-0.05, 0) is 48.9 Å². The number of piperazine rings is 1. The summed E-state index contributed by atoms with van der Waals surface area (Å²) in [5.41, 5.74) is 2.12. The molecule has 1 aliphatic heterocycles. The highest BCUT2D eigenvalue weighted by atomic mass is 19.4. The molecule has 2 aromatic carbocycles. The molecule has 7 heteroatoms. The fraction of sp³-hybridized carbons (Fsp3) is 0.556. The topological polar surface area (TPSA) is 35.9 Å². The number of halogens is 3. The van der Waals surface area contributed by atoms with Crippen molar-refractivity contribution in [3.63, 3.8) is 0 Å². The van der Waals surface area contributed by atoms with Crippen molar-refractivity contribution in [2.24, 2.45) is 5.92 Å². The van der Waals surface area contributed by atoms with Crippen molar-refractivity contribution in [1.82, 2.24) is 9.80 Å². The first-order chi connectivity index (χ1) is 16.3. The Kier molecular flexibility index (Phi) is 8.17. The number of alkyl halides is 3. The minimum atomic E-state index is -4.72. The number of benzene rings is 2. The summed E-state index contributed by atoms with van der Waals surface area (Å²) in [5.74, 6) is -0.192. The number of aliphatic hydroxyl groups excluding tert-OH is 1. The molecular formula is C27H35F3N2O2. The average Bonchev–Trinajstić information content (AvgIpc) is 2.83. The second-order valence-electron chi connectivity index (χ2n) is 9.67. The number of hydrogen-bond acceptors (Lipinski definition) is 4. The molecule has 2 unspecified atom stereocenters. The predicted octanol–water partition coefficient (Wildman–Crippen LogP) is 5.60. The normalized spacial score (nSPS) is 24.5. The molecule has 186 valence electrons. The second kappa shape index (κ2) is 11.1. The van der Waals surface area contributed by atoms with E-state index in [1.54, 1.807) is 6.07 Å². The molecular weight excluding hydrogens is 441 g/mol. The van der Waals surface area contributed by atoms with Crippen molar-refractivity contribution in [3.05, 3.63) is 65.7 Å². The Morgan fingerprint density at radius 1 is 0.941 bits per heavy atom. The molecule has 2 fully saturated rings. The van der Waals surface area contributed by atoms with E-state index in [0.717, 1.165) is 64.0 Å². The SMILES string of the molecule is C[C@H](c1ccccc1)N1CCN(CC(c2cccc(OC(F)(F)F)c2)[C@@H]2CCCCC2O)CC1. The van der Waals surface area contributed by atoms with Gasteiger partial charge in [-0.2, -0.15) is 0 Å². The van der Waals surface area contributed by atoms with Gasteiger partial charge in [-0.3, -0.25) is 4.90 Å². The monoisotopic (exact) mass is 476 g/mol. The Bertz CT molecular complexity index is 900. The van der Waals surface area contributed by atoms with Crippen LogP contribution in [0.3, 0.4) is 0 Å². The highest BCUT2D eigenvalue weighted by molar-refractivity contribution is 5.32. The Balaban J connectivity index is 1.46. The van der Waals surface area contributed by atoms with Crippen LogP contribution in [0, 0.1) is 5.92 Å². The summed E-state index contributed by atoms with van der Waals surface area (Å²) >= 11 is 0. The molecule has 1 heterocycles. The van der Waals surface area contributed by atoms with E-state index in [1.165, 1.54) is 17.7 Å². The minimum Gasteiger partial charge on any atom is -0.406 e. The highest BCUT2D eigenvalue weighted by Crippen LogP contribution is 2.38. The van der Waals surface area contributed by atoms with E-state index in [4.69, 9.17) is 0 Å².